The number of hydrogen-bond donors (Lipinski definition) is 4. The fourth-order valence-corrected chi connectivity index (χ4v) is 5.00. The summed E-state index contributed by atoms with van der Waals surface area (Å²) in [6.45, 7) is 6.42. The molecule has 2 atom stereocenters. The van der Waals surface area contributed by atoms with Crippen LogP contribution in [0.25, 0.3) is 0 Å². The number of amides is 3. The zero-order valence-electron chi connectivity index (χ0n) is 19.5. The molecule has 32 heavy (non-hydrogen) atoms. The van der Waals surface area contributed by atoms with Gasteiger partial charge in [0.2, 0.25) is 17.7 Å². The van der Waals surface area contributed by atoms with Gasteiger partial charge in [-0.25, -0.2) is 0 Å². The largest absolute Gasteiger partial charge is 0.388 e. The lowest BCUT2D eigenvalue weighted by Gasteiger charge is -2.49. The Morgan fingerprint density at radius 3 is 1.16 bits per heavy atom. The highest BCUT2D eigenvalue weighted by Gasteiger charge is 2.60. The number of nitrogens with one attached hydrogen (secondary N) is 4. The Hall–Kier alpha value is -0.650. The van der Waals surface area contributed by atoms with E-state index in [2.05, 4.69) is 27.8 Å². The molecule has 0 aliphatic heterocycles. The van der Waals surface area contributed by atoms with Crippen LogP contribution in [0.2, 0.25) is 0 Å². The maximum atomic E-state index is 13.1. The number of hydrogen-bond acceptors (Lipinski definition) is 8. The van der Waals surface area contributed by atoms with Crippen molar-refractivity contribution in [3.63, 3.8) is 0 Å². The molecule has 1 saturated carbocycles. The molecule has 1 rings (SSSR count). The molecular weight excluding hydrogens is 485 g/mol. The van der Waals surface area contributed by atoms with Crippen molar-refractivity contribution in [3.05, 3.63) is 12.3 Å². The Kier molecular flexibility index (Phi) is 15.5. The van der Waals surface area contributed by atoms with Crippen molar-refractivity contribution in [2.75, 3.05) is 74.2 Å². The molecule has 4 N–H and O–H groups in total. The second-order valence-corrected chi connectivity index (χ2v) is 11.3. The summed E-state index contributed by atoms with van der Waals surface area (Å²) in [7, 11) is 0. The summed E-state index contributed by atoms with van der Waals surface area (Å²) in [6.07, 6.45) is 7.95. The van der Waals surface area contributed by atoms with Crippen molar-refractivity contribution >= 4 is 64.8 Å². The average molecular weight is 523 g/mol. The Labute approximate surface area is 210 Å². The van der Waals surface area contributed by atoms with Gasteiger partial charge in [0.25, 0.3) is 0 Å². The van der Waals surface area contributed by atoms with E-state index in [0.717, 1.165) is 23.0 Å². The molecule has 0 aromatic heterocycles. The fourth-order valence-electron chi connectivity index (χ4n) is 3.77. The molecule has 1 fully saturated rings. The maximum Gasteiger partial charge on any atom is 0.224 e. The first-order valence-electron chi connectivity index (χ1n) is 10.7. The van der Waals surface area contributed by atoms with Crippen molar-refractivity contribution in [1.82, 2.24) is 21.3 Å². The van der Waals surface area contributed by atoms with Gasteiger partial charge in [0.1, 0.15) is 0 Å². The molecule has 0 radical (unpaired) electrons. The molecular formula is C21H38N4O3S4. The van der Waals surface area contributed by atoms with Gasteiger partial charge in [-0.1, -0.05) is 6.58 Å². The summed E-state index contributed by atoms with van der Waals surface area (Å²) in [4.78, 5) is 39.3. The number of carbonyl (C=O) groups excluding carboxylic acids is 3. The smallest absolute Gasteiger partial charge is 0.224 e. The third-order valence-electron chi connectivity index (χ3n) is 5.33. The van der Waals surface area contributed by atoms with Crippen LogP contribution in [0.4, 0.5) is 0 Å². The van der Waals surface area contributed by atoms with Gasteiger partial charge >= 0.3 is 0 Å². The Morgan fingerprint density at radius 1 is 0.562 bits per heavy atom. The Balaban J connectivity index is 3.10. The van der Waals surface area contributed by atoms with Crippen molar-refractivity contribution in [2.45, 2.75) is 0 Å². The van der Waals surface area contributed by atoms with Crippen LogP contribution in [-0.4, -0.2) is 91.9 Å². The van der Waals surface area contributed by atoms with Crippen molar-refractivity contribution < 1.29 is 14.4 Å². The fraction of sp³-hybridized carbons (Fsp3) is 0.762. The van der Waals surface area contributed by atoms with Crippen LogP contribution in [0.3, 0.4) is 0 Å². The number of rotatable bonds is 17. The third kappa shape index (κ3) is 8.95. The number of allylic oxidation sites excluding steroid dienone is 1. The van der Waals surface area contributed by atoms with Crippen LogP contribution in [0.1, 0.15) is 0 Å². The number of thioether (sulfide) groups is 4. The van der Waals surface area contributed by atoms with Gasteiger partial charge in [0.05, 0.1) is 17.8 Å². The van der Waals surface area contributed by atoms with E-state index in [0.29, 0.717) is 31.9 Å². The summed E-state index contributed by atoms with van der Waals surface area (Å²) in [5.41, 5.74) is 0.655. The molecule has 0 saturated heterocycles. The average Bonchev–Trinajstić information content (AvgIpc) is 2.74. The summed E-state index contributed by atoms with van der Waals surface area (Å²) < 4.78 is 0. The summed E-state index contributed by atoms with van der Waals surface area (Å²) in [6, 6.07) is 0. The van der Waals surface area contributed by atoms with E-state index in [9.17, 15) is 14.4 Å². The van der Waals surface area contributed by atoms with Crippen LogP contribution in [-0.2, 0) is 14.4 Å². The molecule has 0 heterocycles. The quantitative estimate of drug-likeness (QED) is 0.213. The first kappa shape index (κ1) is 29.4. The second kappa shape index (κ2) is 16.9. The third-order valence-corrected chi connectivity index (χ3v) is 7.78. The molecule has 3 amide bonds. The second-order valence-electron chi connectivity index (χ2n) is 7.40. The summed E-state index contributed by atoms with van der Waals surface area (Å²) >= 11 is 6.63. The van der Waals surface area contributed by atoms with Crippen LogP contribution >= 0.6 is 47.0 Å². The summed E-state index contributed by atoms with van der Waals surface area (Å²) in [5.74, 6) is 0.292. The van der Waals surface area contributed by atoms with E-state index < -0.39 is 23.7 Å². The van der Waals surface area contributed by atoms with Gasteiger partial charge in [-0.3, -0.25) is 14.4 Å². The molecule has 0 bridgehead atoms. The SMILES string of the molecule is C=C(NCCSC)C1C(C(=O)NCCSC)C(C(=O)NCCSC)C1C(=O)NCCSC. The van der Waals surface area contributed by atoms with Gasteiger partial charge in [-0.05, 0) is 25.0 Å². The van der Waals surface area contributed by atoms with Crippen LogP contribution in [0.15, 0.2) is 12.3 Å². The van der Waals surface area contributed by atoms with E-state index >= 15 is 0 Å². The molecule has 1 aliphatic carbocycles. The topological polar surface area (TPSA) is 99.3 Å². The minimum atomic E-state index is -0.704. The lowest BCUT2D eigenvalue weighted by atomic mass is 9.54. The van der Waals surface area contributed by atoms with Crippen LogP contribution < -0.4 is 21.3 Å². The molecule has 0 aromatic rings. The zero-order chi connectivity index (χ0) is 23.9. The maximum absolute atomic E-state index is 13.1. The van der Waals surface area contributed by atoms with E-state index in [-0.39, 0.29) is 17.7 Å². The van der Waals surface area contributed by atoms with Gasteiger partial charge in [0.15, 0.2) is 0 Å². The molecule has 7 nitrogen and oxygen atoms in total. The van der Waals surface area contributed by atoms with Crippen molar-refractivity contribution in [3.8, 4) is 0 Å². The molecule has 0 spiro atoms. The number of carbonyl (C=O) groups is 3. The molecule has 11 heteroatoms. The van der Waals surface area contributed by atoms with Gasteiger partial charge < -0.3 is 21.3 Å². The lowest BCUT2D eigenvalue weighted by molar-refractivity contribution is -0.159. The van der Waals surface area contributed by atoms with Gasteiger partial charge in [-0.15, -0.1) is 0 Å². The minimum Gasteiger partial charge on any atom is -0.388 e. The normalized spacial score (nSPS) is 21.9. The summed E-state index contributed by atoms with van der Waals surface area (Å²) in [5, 5.41) is 12.1. The molecule has 2 unspecified atom stereocenters. The van der Waals surface area contributed by atoms with E-state index in [1.165, 1.54) is 0 Å². The first-order chi connectivity index (χ1) is 15.4. The van der Waals surface area contributed by atoms with Crippen LogP contribution in [0.5, 0.6) is 0 Å². The van der Waals surface area contributed by atoms with Crippen molar-refractivity contribution in [1.29, 1.82) is 0 Å². The van der Waals surface area contributed by atoms with E-state index in [1.807, 2.05) is 25.0 Å². The highest BCUT2D eigenvalue weighted by atomic mass is 32.2. The van der Waals surface area contributed by atoms with E-state index in [4.69, 9.17) is 0 Å². The standard InChI is InChI=1S/C21H38N4O3S4/c1-14(22-6-10-29-2)15-16(19(26)23-7-11-30-3)18(21(28)25-9-13-32-5)17(15)20(27)24-8-12-31-4/h15-18,22H,1,6-13H2,2-5H3,(H,23,26)(H,24,27)(H,25,28). The minimum absolute atomic E-state index is 0.185. The molecule has 184 valence electrons. The van der Waals surface area contributed by atoms with E-state index in [1.54, 1.807) is 47.0 Å². The Morgan fingerprint density at radius 2 is 0.844 bits per heavy atom. The highest BCUT2D eigenvalue weighted by Crippen LogP contribution is 2.49. The van der Waals surface area contributed by atoms with Gasteiger partial charge in [-0.2, -0.15) is 47.0 Å². The predicted octanol–water partition coefficient (Wildman–Crippen LogP) is 1.37. The molecule has 1 aliphatic rings. The van der Waals surface area contributed by atoms with Crippen molar-refractivity contribution in [2.24, 2.45) is 23.7 Å². The van der Waals surface area contributed by atoms with Crippen LogP contribution in [0, 0.1) is 23.7 Å². The highest BCUT2D eigenvalue weighted by molar-refractivity contribution is 7.99. The predicted molar refractivity (Wildman–Crippen MR) is 144 cm³/mol. The molecule has 0 aromatic carbocycles. The van der Waals surface area contributed by atoms with Gasteiger partial charge in [0, 0.05) is 60.8 Å². The lowest BCUT2D eigenvalue weighted by Crippen LogP contribution is -2.64. The monoisotopic (exact) mass is 522 g/mol. The first-order valence-corrected chi connectivity index (χ1v) is 16.2. The Bertz CT molecular complexity index is 512. The zero-order valence-corrected chi connectivity index (χ0v) is 22.8.